The number of carbonyl (C=O) groups excluding carboxylic acids is 2. The van der Waals surface area contributed by atoms with Crippen LogP contribution in [-0.2, 0) is 9.53 Å². The molecule has 8 heteroatoms. The number of anilines is 3. The molecule has 3 N–H and O–H groups in total. The maximum absolute atomic E-state index is 12.2. The van der Waals surface area contributed by atoms with Crippen molar-refractivity contribution in [3.8, 4) is 0 Å². The fourth-order valence-corrected chi connectivity index (χ4v) is 2.03. The lowest BCUT2D eigenvalue weighted by atomic mass is 10.2. The van der Waals surface area contributed by atoms with Gasteiger partial charge in [-0.25, -0.2) is 9.97 Å². The van der Waals surface area contributed by atoms with Crippen LogP contribution < -0.4 is 16.0 Å². The Morgan fingerprint density at radius 1 is 1.12 bits per heavy atom. The summed E-state index contributed by atoms with van der Waals surface area (Å²) >= 11 is 0. The van der Waals surface area contributed by atoms with Crippen molar-refractivity contribution in [2.45, 2.75) is 13.3 Å². The molecule has 2 amide bonds. The molecule has 25 heavy (non-hydrogen) atoms. The fourth-order valence-electron chi connectivity index (χ4n) is 2.03. The molecule has 0 radical (unpaired) electrons. The molecule has 132 valence electrons. The highest BCUT2D eigenvalue weighted by Crippen LogP contribution is 2.16. The van der Waals surface area contributed by atoms with Gasteiger partial charge in [0, 0.05) is 51.0 Å². The Morgan fingerprint density at radius 3 is 2.44 bits per heavy atom. The molecule has 0 saturated carbocycles. The molecule has 0 fully saturated rings. The predicted molar refractivity (Wildman–Crippen MR) is 95.7 cm³/mol. The minimum absolute atomic E-state index is 0.175. The van der Waals surface area contributed by atoms with Gasteiger partial charge in [0.15, 0.2) is 0 Å². The number of carbonyl (C=O) groups is 2. The number of nitrogens with one attached hydrogen (secondary N) is 3. The Hall–Kier alpha value is -3.00. The molecule has 0 unspecified atom stereocenters. The number of methoxy groups -OCH3 is 1. The number of amides is 2. The molecule has 0 aliphatic carbocycles. The van der Waals surface area contributed by atoms with Gasteiger partial charge >= 0.3 is 0 Å². The van der Waals surface area contributed by atoms with Crippen molar-refractivity contribution in [2.24, 2.45) is 0 Å². The van der Waals surface area contributed by atoms with Crippen LogP contribution in [0.15, 0.2) is 36.7 Å². The molecule has 8 nitrogen and oxygen atoms in total. The van der Waals surface area contributed by atoms with Gasteiger partial charge in [-0.3, -0.25) is 9.59 Å². The van der Waals surface area contributed by atoms with E-state index >= 15 is 0 Å². The van der Waals surface area contributed by atoms with E-state index in [-0.39, 0.29) is 11.8 Å². The molecule has 2 rings (SSSR count). The molecular weight excluding hydrogens is 322 g/mol. The van der Waals surface area contributed by atoms with Crippen LogP contribution in [0.1, 0.15) is 23.7 Å². The molecule has 0 aliphatic heterocycles. The topological polar surface area (TPSA) is 105 Å². The zero-order valence-electron chi connectivity index (χ0n) is 14.2. The van der Waals surface area contributed by atoms with Crippen LogP contribution in [0.3, 0.4) is 0 Å². The summed E-state index contributed by atoms with van der Waals surface area (Å²) < 4.78 is 4.96. The van der Waals surface area contributed by atoms with E-state index in [2.05, 4.69) is 25.9 Å². The lowest BCUT2D eigenvalue weighted by molar-refractivity contribution is -0.114. The second-order valence-corrected chi connectivity index (χ2v) is 5.28. The smallest absolute Gasteiger partial charge is 0.258 e. The predicted octanol–water partition coefficient (Wildman–Crippen LogP) is 2.14. The number of rotatable bonds is 8. The third-order valence-electron chi connectivity index (χ3n) is 3.16. The van der Waals surface area contributed by atoms with E-state index in [4.69, 9.17) is 4.74 Å². The fraction of sp³-hybridized carbons (Fsp3) is 0.294. The van der Waals surface area contributed by atoms with Crippen LogP contribution in [0.25, 0.3) is 0 Å². The lowest BCUT2D eigenvalue weighted by Crippen LogP contribution is -2.14. The second-order valence-electron chi connectivity index (χ2n) is 5.28. The maximum Gasteiger partial charge on any atom is 0.258 e. The number of nitrogens with zero attached hydrogens (tertiary/aromatic N) is 2. The van der Waals surface area contributed by atoms with E-state index in [0.717, 1.165) is 6.42 Å². The van der Waals surface area contributed by atoms with E-state index in [0.29, 0.717) is 36.0 Å². The minimum Gasteiger partial charge on any atom is -0.385 e. The van der Waals surface area contributed by atoms with Crippen molar-refractivity contribution in [3.05, 3.63) is 42.2 Å². The molecule has 1 heterocycles. The highest BCUT2D eigenvalue weighted by Gasteiger charge is 2.08. The van der Waals surface area contributed by atoms with Crippen molar-refractivity contribution in [1.29, 1.82) is 0 Å². The molecule has 0 atom stereocenters. The lowest BCUT2D eigenvalue weighted by Gasteiger charge is -2.08. The summed E-state index contributed by atoms with van der Waals surface area (Å²) in [6.45, 7) is 2.77. The molecule has 1 aromatic heterocycles. The zero-order valence-corrected chi connectivity index (χ0v) is 14.2. The first-order chi connectivity index (χ1) is 12.1. The third kappa shape index (κ3) is 6.19. The van der Waals surface area contributed by atoms with Gasteiger partial charge in [-0.2, -0.15) is 0 Å². The van der Waals surface area contributed by atoms with Gasteiger partial charge in [-0.05, 0) is 24.6 Å². The van der Waals surface area contributed by atoms with Gasteiger partial charge in [0.05, 0.1) is 5.56 Å². The number of aromatic nitrogens is 2. The first-order valence-corrected chi connectivity index (χ1v) is 7.82. The summed E-state index contributed by atoms with van der Waals surface area (Å²) in [6.07, 6.45) is 3.75. The van der Waals surface area contributed by atoms with Crippen LogP contribution in [0, 0.1) is 0 Å². The van der Waals surface area contributed by atoms with E-state index in [9.17, 15) is 9.59 Å². The van der Waals surface area contributed by atoms with Gasteiger partial charge in [0.2, 0.25) is 11.9 Å². The summed E-state index contributed by atoms with van der Waals surface area (Å²) in [5.74, 6) is -0.0447. The molecule has 0 spiro atoms. The van der Waals surface area contributed by atoms with Crippen molar-refractivity contribution in [2.75, 3.05) is 36.2 Å². The first kappa shape index (κ1) is 18.3. The zero-order chi connectivity index (χ0) is 18.1. The van der Waals surface area contributed by atoms with E-state index in [1.165, 1.54) is 19.3 Å². The average Bonchev–Trinajstić information content (AvgIpc) is 2.59. The number of hydrogen-bond acceptors (Lipinski definition) is 6. The summed E-state index contributed by atoms with van der Waals surface area (Å²) in [4.78, 5) is 31.6. The molecule has 0 bridgehead atoms. The number of benzene rings is 1. The largest absolute Gasteiger partial charge is 0.385 e. The Morgan fingerprint density at radius 2 is 1.80 bits per heavy atom. The van der Waals surface area contributed by atoms with Gasteiger partial charge < -0.3 is 20.7 Å². The van der Waals surface area contributed by atoms with E-state index in [1.54, 1.807) is 31.4 Å². The van der Waals surface area contributed by atoms with Gasteiger partial charge in [0.1, 0.15) is 0 Å². The Bertz CT molecular complexity index is 718. The van der Waals surface area contributed by atoms with Gasteiger partial charge in [0.25, 0.3) is 5.91 Å². The van der Waals surface area contributed by atoms with Gasteiger partial charge in [-0.15, -0.1) is 0 Å². The highest BCUT2D eigenvalue weighted by atomic mass is 16.5. The van der Waals surface area contributed by atoms with Crippen LogP contribution in [0.5, 0.6) is 0 Å². The van der Waals surface area contributed by atoms with Crippen molar-refractivity contribution in [1.82, 2.24) is 9.97 Å². The van der Waals surface area contributed by atoms with Crippen LogP contribution in [0.2, 0.25) is 0 Å². The number of hydrogen-bond donors (Lipinski definition) is 3. The summed E-state index contributed by atoms with van der Waals surface area (Å²) in [6, 6.07) is 6.89. The normalized spacial score (nSPS) is 10.2. The minimum atomic E-state index is -0.328. The second kappa shape index (κ2) is 9.33. The first-order valence-electron chi connectivity index (χ1n) is 7.82. The summed E-state index contributed by atoms with van der Waals surface area (Å²) in [5, 5.41) is 8.45. The monoisotopic (exact) mass is 343 g/mol. The van der Waals surface area contributed by atoms with Crippen LogP contribution in [-0.4, -0.2) is 42.0 Å². The molecule has 1 aromatic carbocycles. The maximum atomic E-state index is 12.2. The van der Waals surface area contributed by atoms with Crippen molar-refractivity contribution >= 4 is 29.1 Å². The van der Waals surface area contributed by atoms with Crippen LogP contribution >= 0.6 is 0 Å². The Balaban J connectivity index is 1.93. The summed E-state index contributed by atoms with van der Waals surface area (Å²) in [7, 11) is 1.65. The standard InChI is InChI=1S/C17H21N5O3/c1-12(23)21-14-5-3-6-15(9-14)22-16(24)13-10-19-17(20-11-13)18-7-4-8-25-2/h3,5-6,9-11H,4,7-8H2,1-2H3,(H,21,23)(H,22,24)(H,18,19,20). The molecule has 2 aromatic rings. The average molecular weight is 343 g/mol. The van der Waals surface area contributed by atoms with Crippen LogP contribution in [0.4, 0.5) is 17.3 Å². The van der Waals surface area contributed by atoms with Gasteiger partial charge in [-0.1, -0.05) is 6.07 Å². The van der Waals surface area contributed by atoms with Crippen molar-refractivity contribution in [3.63, 3.8) is 0 Å². The SMILES string of the molecule is COCCCNc1ncc(C(=O)Nc2cccc(NC(C)=O)c2)cn1. The highest BCUT2D eigenvalue weighted by molar-refractivity contribution is 6.04. The molecular formula is C17H21N5O3. The summed E-state index contributed by atoms with van der Waals surface area (Å²) in [5.41, 5.74) is 1.52. The molecule has 0 aliphatic rings. The van der Waals surface area contributed by atoms with E-state index < -0.39 is 0 Å². The van der Waals surface area contributed by atoms with E-state index in [1.807, 2.05) is 0 Å². The third-order valence-corrected chi connectivity index (χ3v) is 3.16. The Kier molecular flexibility index (Phi) is 6.85. The molecule has 0 saturated heterocycles. The number of ether oxygens (including phenoxy) is 1. The Labute approximate surface area is 146 Å². The van der Waals surface area contributed by atoms with Crippen molar-refractivity contribution < 1.29 is 14.3 Å². The quantitative estimate of drug-likeness (QED) is 0.634.